The van der Waals surface area contributed by atoms with Crippen molar-refractivity contribution in [2.45, 2.75) is 38.5 Å². The van der Waals surface area contributed by atoms with Crippen LogP contribution in [0.5, 0.6) is 5.75 Å². The van der Waals surface area contributed by atoms with Crippen molar-refractivity contribution in [1.82, 2.24) is 10.2 Å². The van der Waals surface area contributed by atoms with Crippen LogP contribution in [0.3, 0.4) is 0 Å². The van der Waals surface area contributed by atoms with Gasteiger partial charge in [0.2, 0.25) is 0 Å². The van der Waals surface area contributed by atoms with Gasteiger partial charge in [0.05, 0.1) is 13.2 Å². The summed E-state index contributed by atoms with van der Waals surface area (Å²) in [6.07, 6.45) is -0.486. The Labute approximate surface area is 141 Å². The molecule has 1 fully saturated rings. The number of carbonyl (C=O) groups excluding carboxylic acids is 1. The lowest BCUT2D eigenvalue weighted by Gasteiger charge is -2.43. The number of alkyl carbamates (subject to hydrolysis) is 1. The standard InChI is InChI=1S/C17H24N2O5/c1-17(2,3)24-16(22)18-12-9-19(10-12)14(15(20)21)11-6-5-7-13(8-11)23-4/h5-8,12,14H,9-10H2,1-4H3,(H,18,22)(H,20,21)/t14-/m1/s1. The van der Waals surface area contributed by atoms with Gasteiger partial charge in [0, 0.05) is 13.1 Å². The lowest BCUT2D eigenvalue weighted by molar-refractivity contribution is -0.145. The van der Waals surface area contributed by atoms with Crippen molar-refractivity contribution in [3.63, 3.8) is 0 Å². The van der Waals surface area contributed by atoms with Crippen LogP contribution in [-0.4, -0.2) is 53.9 Å². The minimum atomic E-state index is -0.932. The number of carbonyl (C=O) groups is 2. The summed E-state index contributed by atoms with van der Waals surface area (Å²) in [5, 5.41) is 12.3. The number of rotatable bonds is 5. The first-order valence-electron chi connectivity index (χ1n) is 7.80. The highest BCUT2D eigenvalue weighted by Crippen LogP contribution is 2.28. The maximum Gasteiger partial charge on any atom is 0.407 e. The average Bonchev–Trinajstić information content (AvgIpc) is 2.42. The Bertz CT molecular complexity index is 605. The normalized spacial score (nSPS) is 16.8. The Kier molecular flexibility index (Phi) is 5.33. The van der Waals surface area contributed by atoms with Crippen LogP contribution in [0.1, 0.15) is 32.4 Å². The van der Waals surface area contributed by atoms with E-state index in [4.69, 9.17) is 9.47 Å². The number of hydrogen-bond acceptors (Lipinski definition) is 5. The molecule has 2 N–H and O–H groups in total. The summed E-state index contributed by atoms with van der Waals surface area (Å²) in [6, 6.07) is 6.12. The van der Waals surface area contributed by atoms with E-state index >= 15 is 0 Å². The second kappa shape index (κ2) is 7.09. The van der Waals surface area contributed by atoms with Crippen molar-refractivity contribution >= 4 is 12.1 Å². The fraction of sp³-hybridized carbons (Fsp3) is 0.529. The molecule has 1 atom stereocenters. The lowest BCUT2D eigenvalue weighted by Crippen LogP contribution is -2.61. The summed E-state index contributed by atoms with van der Waals surface area (Å²) in [5.74, 6) is -0.318. The number of methoxy groups -OCH3 is 1. The predicted octanol–water partition coefficient (Wildman–Crippen LogP) is 2.03. The summed E-state index contributed by atoms with van der Waals surface area (Å²) < 4.78 is 10.4. The zero-order valence-corrected chi connectivity index (χ0v) is 14.4. The number of hydrogen-bond donors (Lipinski definition) is 2. The third-order valence-corrected chi connectivity index (χ3v) is 3.64. The molecule has 1 aliphatic rings. The molecular weight excluding hydrogens is 312 g/mol. The van der Waals surface area contributed by atoms with E-state index in [0.29, 0.717) is 24.4 Å². The van der Waals surface area contributed by atoms with Gasteiger partial charge in [-0.15, -0.1) is 0 Å². The van der Waals surface area contributed by atoms with Gasteiger partial charge in [-0.2, -0.15) is 0 Å². The summed E-state index contributed by atoms with van der Waals surface area (Å²) in [6.45, 7) is 6.29. The molecule has 0 bridgehead atoms. The number of ether oxygens (including phenoxy) is 2. The van der Waals surface area contributed by atoms with Crippen LogP contribution in [-0.2, 0) is 9.53 Å². The van der Waals surface area contributed by atoms with Crippen LogP contribution in [0, 0.1) is 0 Å². The topological polar surface area (TPSA) is 88.1 Å². The smallest absolute Gasteiger partial charge is 0.407 e. The van der Waals surface area contributed by atoms with Crippen LogP contribution in [0.2, 0.25) is 0 Å². The van der Waals surface area contributed by atoms with E-state index in [1.165, 1.54) is 0 Å². The molecule has 24 heavy (non-hydrogen) atoms. The zero-order valence-electron chi connectivity index (χ0n) is 14.4. The van der Waals surface area contributed by atoms with Crippen molar-refractivity contribution in [1.29, 1.82) is 0 Å². The fourth-order valence-corrected chi connectivity index (χ4v) is 2.61. The molecule has 0 saturated carbocycles. The van der Waals surface area contributed by atoms with Gasteiger partial charge in [-0.1, -0.05) is 12.1 Å². The molecule has 7 nitrogen and oxygen atoms in total. The number of benzene rings is 1. The second-order valence-corrected chi connectivity index (χ2v) is 6.81. The van der Waals surface area contributed by atoms with Crippen molar-refractivity contribution < 1.29 is 24.2 Å². The molecule has 0 aliphatic carbocycles. The minimum Gasteiger partial charge on any atom is -0.497 e. The van der Waals surface area contributed by atoms with Crippen LogP contribution < -0.4 is 10.1 Å². The second-order valence-electron chi connectivity index (χ2n) is 6.81. The van der Waals surface area contributed by atoms with Crippen LogP contribution in [0.25, 0.3) is 0 Å². The molecular formula is C17H24N2O5. The minimum absolute atomic E-state index is 0.118. The number of nitrogens with zero attached hydrogens (tertiary/aromatic N) is 1. The van der Waals surface area contributed by atoms with Crippen molar-refractivity contribution in [3.05, 3.63) is 29.8 Å². The Morgan fingerprint density at radius 3 is 2.54 bits per heavy atom. The molecule has 1 aromatic carbocycles. The maximum absolute atomic E-state index is 11.7. The number of amides is 1. The van der Waals surface area contributed by atoms with Gasteiger partial charge >= 0.3 is 12.1 Å². The molecule has 1 aromatic rings. The monoisotopic (exact) mass is 336 g/mol. The van der Waals surface area contributed by atoms with Crippen LogP contribution >= 0.6 is 0 Å². The van der Waals surface area contributed by atoms with E-state index in [-0.39, 0.29) is 6.04 Å². The molecule has 1 saturated heterocycles. The quantitative estimate of drug-likeness (QED) is 0.855. The molecule has 0 radical (unpaired) electrons. The maximum atomic E-state index is 11.7. The van der Waals surface area contributed by atoms with Gasteiger partial charge in [-0.05, 0) is 38.5 Å². The Hall–Kier alpha value is -2.28. The largest absolute Gasteiger partial charge is 0.497 e. The Morgan fingerprint density at radius 1 is 1.33 bits per heavy atom. The molecule has 1 amide bonds. The van der Waals surface area contributed by atoms with Gasteiger partial charge in [-0.3, -0.25) is 9.69 Å². The number of carboxylic acids is 1. The zero-order chi connectivity index (χ0) is 17.9. The molecule has 1 aliphatic heterocycles. The van der Waals surface area contributed by atoms with Crippen LogP contribution in [0.4, 0.5) is 4.79 Å². The van der Waals surface area contributed by atoms with Gasteiger partial charge in [0.15, 0.2) is 0 Å². The number of aliphatic carboxylic acids is 1. The van der Waals surface area contributed by atoms with E-state index in [1.807, 2.05) is 0 Å². The molecule has 2 rings (SSSR count). The van der Waals surface area contributed by atoms with E-state index in [1.54, 1.807) is 57.0 Å². The van der Waals surface area contributed by atoms with Gasteiger partial charge in [0.25, 0.3) is 0 Å². The molecule has 0 spiro atoms. The molecule has 1 heterocycles. The third kappa shape index (κ3) is 4.61. The highest BCUT2D eigenvalue weighted by Gasteiger charge is 2.38. The summed E-state index contributed by atoms with van der Waals surface area (Å²) >= 11 is 0. The van der Waals surface area contributed by atoms with E-state index < -0.39 is 23.7 Å². The average molecular weight is 336 g/mol. The predicted molar refractivity (Wildman–Crippen MR) is 88.1 cm³/mol. The first-order chi connectivity index (χ1) is 11.2. The van der Waals surface area contributed by atoms with E-state index in [2.05, 4.69) is 5.32 Å². The molecule has 0 aromatic heterocycles. The number of nitrogens with one attached hydrogen (secondary N) is 1. The molecule has 0 unspecified atom stereocenters. The van der Waals surface area contributed by atoms with Crippen molar-refractivity contribution in [3.8, 4) is 5.75 Å². The number of carboxylic acid groups (broad SMARTS) is 1. The van der Waals surface area contributed by atoms with Gasteiger partial charge in [-0.25, -0.2) is 4.79 Å². The third-order valence-electron chi connectivity index (χ3n) is 3.64. The van der Waals surface area contributed by atoms with Gasteiger partial charge < -0.3 is 19.9 Å². The molecule has 132 valence electrons. The fourth-order valence-electron chi connectivity index (χ4n) is 2.61. The Morgan fingerprint density at radius 2 is 2.00 bits per heavy atom. The summed E-state index contributed by atoms with van der Waals surface area (Å²) in [7, 11) is 1.54. The summed E-state index contributed by atoms with van der Waals surface area (Å²) in [4.78, 5) is 25.2. The SMILES string of the molecule is COc1cccc([C@H](C(=O)O)N2CC(NC(=O)OC(C)(C)C)C2)c1. The van der Waals surface area contributed by atoms with Crippen molar-refractivity contribution in [2.75, 3.05) is 20.2 Å². The highest BCUT2D eigenvalue weighted by atomic mass is 16.6. The van der Waals surface area contributed by atoms with E-state index in [9.17, 15) is 14.7 Å². The van der Waals surface area contributed by atoms with Gasteiger partial charge in [0.1, 0.15) is 17.4 Å². The molecule has 7 heteroatoms. The highest BCUT2D eigenvalue weighted by molar-refractivity contribution is 5.76. The van der Waals surface area contributed by atoms with Crippen molar-refractivity contribution in [2.24, 2.45) is 0 Å². The summed E-state index contributed by atoms with van der Waals surface area (Å²) in [5.41, 5.74) is 0.0927. The van der Waals surface area contributed by atoms with Crippen LogP contribution in [0.15, 0.2) is 24.3 Å². The Balaban J connectivity index is 1.96. The first kappa shape index (κ1) is 18.1. The lowest BCUT2D eigenvalue weighted by atomic mass is 9.99. The first-order valence-corrected chi connectivity index (χ1v) is 7.80. The number of likely N-dealkylation sites (tertiary alicyclic amines) is 1. The van der Waals surface area contributed by atoms with E-state index in [0.717, 1.165) is 0 Å².